The predicted molar refractivity (Wildman–Crippen MR) is 75.7 cm³/mol. The topological polar surface area (TPSA) is 58.4 Å². The molecule has 1 aliphatic carbocycles. The lowest BCUT2D eigenvalue weighted by molar-refractivity contribution is -0.140. The van der Waals surface area contributed by atoms with Crippen LogP contribution in [0.25, 0.3) is 0 Å². The first-order valence-electron chi connectivity index (χ1n) is 7.51. The number of carbonyl (C=O) groups is 1. The molecule has 0 atom stereocenters. The molecule has 0 aliphatic heterocycles. The first-order valence-corrected chi connectivity index (χ1v) is 7.51. The van der Waals surface area contributed by atoms with Crippen LogP contribution in [-0.4, -0.2) is 48.7 Å². The predicted octanol–water partition coefficient (Wildman–Crippen LogP) is 1.89. The second-order valence-electron chi connectivity index (χ2n) is 6.02. The van der Waals surface area contributed by atoms with Gasteiger partial charge in [-0.15, -0.1) is 0 Å². The highest BCUT2D eigenvalue weighted by Crippen LogP contribution is 2.35. The van der Waals surface area contributed by atoms with Crippen molar-refractivity contribution in [2.24, 2.45) is 11.7 Å². The molecule has 0 aromatic heterocycles. The Morgan fingerprint density at radius 2 is 1.95 bits per heavy atom. The van der Waals surface area contributed by atoms with Crippen molar-refractivity contribution < 1.29 is 18.0 Å². The molecule has 7 heteroatoms. The molecule has 1 rings (SSSR count). The number of amides is 1. The monoisotopic (exact) mass is 309 g/mol. The van der Waals surface area contributed by atoms with Gasteiger partial charge in [0, 0.05) is 12.1 Å². The summed E-state index contributed by atoms with van der Waals surface area (Å²) in [6, 6.07) is 0. The lowest BCUT2D eigenvalue weighted by Crippen LogP contribution is -2.58. The van der Waals surface area contributed by atoms with Crippen molar-refractivity contribution >= 4 is 5.91 Å². The van der Waals surface area contributed by atoms with E-state index < -0.39 is 18.6 Å². The number of hydrogen-bond donors (Lipinski definition) is 2. The molecule has 0 spiro atoms. The van der Waals surface area contributed by atoms with Crippen molar-refractivity contribution in [2.75, 3.05) is 26.2 Å². The summed E-state index contributed by atoms with van der Waals surface area (Å²) in [5.41, 5.74) is 5.67. The highest BCUT2D eigenvalue weighted by molar-refractivity contribution is 5.78. The summed E-state index contributed by atoms with van der Waals surface area (Å²) in [6.07, 6.45) is -0.510. The zero-order chi connectivity index (χ0) is 16.1. The van der Waals surface area contributed by atoms with Crippen LogP contribution in [0.1, 0.15) is 39.5 Å². The van der Waals surface area contributed by atoms with Crippen LogP contribution in [0.5, 0.6) is 0 Å². The minimum Gasteiger partial charge on any atom is -0.346 e. The zero-order valence-corrected chi connectivity index (χ0v) is 12.8. The SMILES string of the molecule is CCN(CC(=O)NCC(F)(F)F)C1(CN)CCC(C)CC1. The molecular weight excluding hydrogens is 283 g/mol. The minimum absolute atomic E-state index is 0.0296. The van der Waals surface area contributed by atoms with Gasteiger partial charge in [0.25, 0.3) is 0 Å². The molecule has 1 saturated carbocycles. The van der Waals surface area contributed by atoms with Crippen LogP contribution in [0.15, 0.2) is 0 Å². The van der Waals surface area contributed by atoms with Gasteiger partial charge < -0.3 is 11.1 Å². The molecule has 1 amide bonds. The lowest BCUT2D eigenvalue weighted by Gasteiger charge is -2.46. The zero-order valence-electron chi connectivity index (χ0n) is 12.8. The quantitative estimate of drug-likeness (QED) is 0.788. The van der Waals surface area contributed by atoms with Gasteiger partial charge in [-0.25, -0.2) is 0 Å². The number of carbonyl (C=O) groups excluding carboxylic acids is 1. The number of hydrogen-bond acceptors (Lipinski definition) is 3. The summed E-state index contributed by atoms with van der Waals surface area (Å²) in [5, 5.41) is 1.93. The Morgan fingerprint density at radius 1 is 1.38 bits per heavy atom. The number of alkyl halides is 3. The van der Waals surface area contributed by atoms with Crippen molar-refractivity contribution in [3.63, 3.8) is 0 Å². The Hall–Kier alpha value is -0.820. The number of likely N-dealkylation sites (N-methyl/N-ethyl adjacent to an activating group) is 1. The van der Waals surface area contributed by atoms with E-state index in [-0.39, 0.29) is 12.1 Å². The summed E-state index contributed by atoms with van der Waals surface area (Å²) in [6.45, 7) is 3.82. The minimum atomic E-state index is -4.38. The van der Waals surface area contributed by atoms with Crippen LogP contribution >= 0.6 is 0 Å². The molecule has 0 aromatic carbocycles. The Balaban J connectivity index is 2.62. The van der Waals surface area contributed by atoms with Crippen LogP contribution in [0.3, 0.4) is 0 Å². The smallest absolute Gasteiger partial charge is 0.346 e. The van der Waals surface area contributed by atoms with E-state index in [1.807, 2.05) is 17.1 Å². The Kier molecular flexibility index (Phi) is 6.46. The van der Waals surface area contributed by atoms with Gasteiger partial charge in [0.2, 0.25) is 5.91 Å². The summed E-state index contributed by atoms with van der Waals surface area (Å²) in [7, 11) is 0. The number of nitrogens with one attached hydrogen (secondary N) is 1. The molecule has 0 unspecified atom stereocenters. The summed E-state index contributed by atoms with van der Waals surface area (Å²) in [5.74, 6) is 0.0445. The second kappa shape index (κ2) is 7.45. The molecule has 1 fully saturated rings. The van der Waals surface area contributed by atoms with Gasteiger partial charge in [0.1, 0.15) is 6.54 Å². The van der Waals surface area contributed by atoms with Gasteiger partial charge in [-0.05, 0) is 38.1 Å². The van der Waals surface area contributed by atoms with Crippen LogP contribution in [0.4, 0.5) is 13.2 Å². The van der Waals surface area contributed by atoms with E-state index in [1.54, 1.807) is 0 Å². The van der Waals surface area contributed by atoms with Gasteiger partial charge >= 0.3 is 6.18 Å². The van der Waals surface area contributed by atoms with Crippen LogP contribution in [0.2, 0.25) is 0 Å². The van der Waals surface area contributed by atoms with Crippen LogP contribution in [-0.2, 0) is 4.79 Å². The number of nitrogens with two attached hydrogens (primary N) is 1. The van der Waals surface area contributed by atoms with Gasteiger partial charge in [-0.2, -0.15) is 13.2 Å². The second-order valence-corrected chi connectivity index (χ2v) is 6.02. The molecule has 0 aromatic rings. The van der Waals surface area contributed by atoms with E-state index in [2.05, 4.69) is 6.92 Å². The Labute approximate surface area is 124 Å². The van der Waals surface area contributed by atoms with E-state index in [0.29, 0.717) is 19.0 Å². The fraction of sp³-hybridized carbons (Fsp3) is 0.929. The third kappa shape index (κ3) is 5.47. The molecule has 0 heterocycles. The molecule has 3 N–H and O–H groups in total. The fourth-order valence-electron chi connectivity index (χ4n) is 2.99. The number of rotatable bonds is 6. The van der Waals surface area contributed by atoms with Crippen molar-refractivity contribution in [3.8, 4) is 0 Å². The number of nitrogens with zero attached hydrogens (tertiary/aromatic N) is 1. The van der Waals surface area contributed by atoms with Crippen LogP contribution < -0.4 is 11.1 Å². The third-order valence-corrected chi connectivity index (χ3v) is 4.46. The molecule has 0 bridgehead atoms. The summed E-state index contributed by atoms with van der Waals surface area (Å²) in [4.78, 5) is 13.7. The maximum Gasteiger partial charge on any atom is 0.405 e. The fourth-order valence-corrected chi connectivity index (χ4v) is 2.99. The standard InChI is InChI=1S/C14H26F3N3O/c1-3-20(8-12(21)19-10-14(15,16)17)13(9-18)6-4-11(2)5-7-13/h11H,3-10,18H2,1-2H3,(H,19,21). The molecule has 4 nitrogen and oxygen atoms in total. The average molecular weight is 309 g/mol. The first-order chi connectivity index (χ1) is 9.72. The Morgan fingerprint density at radius 3 is 2.38 bits per heavy atom. The van der Waals surface area contributed by atoms with Crippen LogP contribution in [0, 0.1) is 5.92 Å². The van der Waals surface area contributed by atoms with Crippen molar-refractivity contribution in [1.82, 2.24) is 10.2 Å². The van der Waals surface area contributed by atoms with Crippen molar-refractivity contribution in [3.05, 3.63) is 0 Å². The maximum atomic E-state index is 12.1. The van der Waals surface area contributed by atoms with Gasteiger partial charge in [-0.1, -0.05) is 13.8 Å². The van der Waals surface area contributed by atoms with E-state index in [4.69, 9.17) is 5.73 Å². The maximum absolute atomic E-state index is 12.1. The molecule has 21 heavy (non-hydrogen) atoms. The van der Waals surface area contributed by atoms with E-state index in [9.17, 15) is 18.0 Å². The summed E-state index contributed by atoms with van der Waals surface area (Å²) < 4.78 is 36.4. The molecule has 124 valence electrons. The third-order valence-electron chi connectivity index (χ3n) is 4.46. The molecular formula is C14H26F3N3O. The van der Waals surface area contributed by atoms with E-state index in [0.717, 1.165) is 25.7 Å². The van der Waals surface area contributed by atoms with E-state index in [1.165, 1.54) is 0 Å². The highest BCUT2D eigenvalue weighted by atomic mass is 19.4. The summed E-state index contributed by atoms with van der Waals surface area (Å²) >= 11 is 0. The number of halogens is 3. The molecule has 1 aliphatic rings. The highest BCUT2D eigenvalue weighted by Gasteiger charge is 2.38. The lowest BCUT2D eigenvalue weighted by atomic mass is 9.76. The van der Waals surface area contributed by atoms with Gasteiger partial charge in [-0.3, -0.25) is 9.69 Å². The molecule has 0 radical (unpaired) electrons. The normalized spacial score (nSPS) is 26.9. The largest absolute Gasteiger partial charge is 0.405 e. The van der Waals surface area contributed by atoms with Gasteiger partial charge in [0.15, 0.2) is 0 Å². The van der Waals surface area contributed by atoms with Crippen molar-refractivity contribution in [1.29, 1.82) is 0 Å². The molecule has 0 saturated heterocycles. The van der Waals surface area contributed by atoms with E-state index >= 15 is 0 Å². The Bertz CT molecular complexity index is 339. The van der Waals surface area contributed by atoms with Gasteiger partial charge in [0.05, 0.1) is 6.54 Å². The average Bonchev–Trinajstić information content (AvgIpc) is 2.43. The van der Waals surface area contributed by atoms with Crippen molar-refractivity contribution in [2.45, 2.75) is 51.2 Å². The first kappa shape index (κ1) is 18.2.